The molecule has 0 aliphatic heterocycles. The minimum Gasteiger partial charge on any atom is -0.497 e. The molecule has 0 heterocycles. The molecule has 3 rings (SSSR count). The summed E-state index contributed by atoms with van der Waals surface area (Å²) >= 11 is 0. The van der Waals surface area contributed by atoms with Gasteiger partial charge in [0.1, 0.15) is 30.0 Å². The molecular weight excluding hydrogens is 651 g/mol. The van der Waals surface area contributed by atoms with Crippen LogP contribution in [0.4, 0.5) is 30.7 Å². The van der Waals surface area contributed by atoms with E-state index in [9.17, 15) is 49.9 Å². The molecule has 48 heavy (non-hydrogen) atoms. The highest BCUT2D eigenvalue weighted by Crippen LogP contribution is 2.31. The minimum absolute atomic E-state index is 0.0880. The number of methoxy groups -OCH3 is 1. The zero-order valence-electron chi connectivity index (χ0n) is 25.8. The second-order valence-corrected chi connectivity index (χ2v) is 11.1. The number of ether oxygens (including phenoxy) is 1. The second-order valence-electron chi connectivity index (χ2n) is 11.1. The summed E-state index contributed by atoms with van der Waals surface area (Å²) in [4.78, 5) is 51.7. The molecule has 0 saturated carbocycles. The lowest BCUT2D eigenvalue weighted by Crippen LogP contribution is -2.58. The largest absolute Gasteiger partial charge is 0.497 e. The van der Waals surface area contributed by atoms with Gasteiger partial charge in [-0.25, -0.2) is 8.78 Å². The molecule has 258 valence electrons. The molecule has 3 atom stereocenters. The van der Waals surface area contributed by atoms with Crippen LogP contribution in [0, 0.1) is 17.6 Å². The molecule has 0 saturated heterocycles. The summed E-state index contributed by atoms with van der Waals surface area (Å²) < 4.78 is 100. The molecular formula is C33H32F7N3O5. The van der Waals surface area contributed by atoms with E-state index in [1.807, 2.05) is 0 Å². The van der Waals surface area contributed by atoms with Crippen LogP contribution in [0.15, 0.2) is 72.8 Å². The lowest BCUT2D eigenvalue weighted by atomic mass is 9.87. The van der Waals surface area contributed by atoms with Crippen molar-refractivity contribution in [2.24, 2.45) is 5.92 Å². The molecule has 0 aliphatic rings. The zero-order chi connectivity index (χ0) is 35.8. The lowest BCUT2D eigenvalue weighted by Gasteiger charge is -2.28. The summed E-state index contributed by atoms with van der Waals surface area (Å²) in [5.74, 6) is -15.0. The predicted octanol–water partition coefficient (Wildman–Crippen LogP) is 5.38. The normalized spacial score (nSPS) is 13.6. The van der Waals surface area contributed by atoms with Crippen LogP contribution < -0.4 is 20.7 Å². The molecule has 3 N–H and O–H groups in total. The van der Waals surface area contributed by atoms with Gasteiger partial charge in [-0.15, -0.1) is 0 Å². The number of Topliss-reactive ketones (excluding diaryl/α,β-unsaturated/α-hetero) is 1. The fourth-order valence-electron chi connectivity index (χ4n) is 4.76. The SMILES string of the molecule is COc1ccc(C(CC(=O)NC(C(=O)N[C@H](C(=O)C(F)(F)C(=O)NCC(F)(F)F)C(C)C)c2ccccc2)c2cc(F)cc(F)c2)cc1. The summed E-state index contributed by atoms with van der Waals surface area (Å²) in [7, 11) is 1.43. The Hall–Kier alpha value is -4.95. The molecule has 8 nitrogen and oxygen atoms in total. The van der Waals surface area contributed by atoms with Crippen molar-refractivity contribution in [2.45, 2.75) is 50.4 Å². The summed E-state index contributed by atoms with van der Waals surface area (Å²) in [6.45, 7) is 0.385. The van der Waals surface area contributed by atoms with E-state index in [-0.39, 0.29) is 11.1 Å². The number of carbonyl (C=O) groups excluding carboxylic acids is 4. The van der Waals surface area contributed by atoms with Gasteiger partial charge in [0.2, 0.25) is 17.6 Å². The van der Waals surface area contributed by atoms with Crippen LogP contribution in [0.2, 0.25) is 0 Å². The molecule has 0 fully saturated rings. The Balaban J connectivity index is 1.90. The fraction of sp³-hybridized carbons (Fsp3) is 0.333. The van der Waals surface area contributed by atoms with Crippen LogP contribution in [-0.2, 0) is 19.2 Å². The van der Waals surface area contributed by atoms with Crippen molar-refractivity contribution in [3.05, 3.63) is 101 Å². The fourth-order valence-corrected chi connectivity index (χ4v) is 4.76. The molecule has 2 unspecified atom stereocenters. The number of amides is 3. The average molecular weight is 684 g/mol. The highest BCUT2D eigenvalue weighted by molar-refractivity contribution is 6.10. The smallest absolute Gasteiger partial charge is 0.405 e. The molecule has 0 aliphatic carbocycles. The maximum Gasteiger partial charge on any atom is 0.405 e. The van der Waals surface area contributed by atoms with Crippen LogP contribution in [-0.4, -0.2) is 55.3 Å². The molecule has 0 spiro atoms. The Labute approximate surface area is 271 Å². The molecule has 15 heteroatoms. The molecule has 3 aromatic rings. The first-order valence-corrected chi connectivity index (χ1v) is 14.4. The number of nitrogens with one attached hydrogen (secondary N) is 3. The van der Waals surface area contributed by atoms with Crippen molar-refractivity contribution >= 4 is 23.5 Å². The summed E-state index contributed by atoms with van der Waals surface area (Å²) in [5, 5.41) is 5.54. The van der Waals surface area contributed by atoms with Crippen LogP contribution >= 0.6 is 0 Å². The molecule has 3 amide bonds. The first kappa shape index (κ1) is 37.5. The summed E-state index contributed by atoms with van der Waals surface area (Å²) in [6.07, 6.45) is -5.49. The molecule has 3 aromatic carbocycles. The monoisotopic (exact) mass is 683 g/mol. The van der Waals surface area contributed by atoms with E-state index in [2.05, 4.69) is 10.6 Å². The van der Waals surface area contributed by atoms with Crippen LogP contribution in [0.3, 0.4) is 0 Å². The van der Waals surface area contributed by atoms with Crippen LogP contribution in [0.5, 0.6) is 5.75 Å². The standard InChI is InChI=1S/C33H32F7N3O5/c1-18(2)27(29(45)33(39,40)31(47)41-17-32(36,37)38)43-30(46)28(20-7-5-4-6-8-20)42-26(44)16-25(19-9-11-24(48-3)12-10-19)21-13-22(34)15-23(35)14-21/h4-15,18,25,27-28H,16-17H2,1-3H3,(H,41,47)(H,42,44)(H,43,46)/t25?,27-,28?/m0/s1. The third-order valence-electron chi connectivity index (χ3n) is 7.19. The van der Waals surface area contributed by atoms with Gasteiger partial charge in [0.15, 0.2) is 0 Å². The highest BCUT2D eigenvalue weighted by atomic mass is 19.4. The lowest BCUT2D eigenvalue weighted by molar-refractivity contribution is -0.165. The Morgan fingerprint density at radius 2 is 1.35 bits per heavy atom. The van der Waals surface area contributed by atoms with Gasteiger partial charge in [-0.2, -0.15) is 22.0 Å². The van der Waals surface area contributed by atoms with Crippen molar-refractivity contribution in [3.63, 3.8) is 0 Å². The van der Waals surface area contributed by atoms with E-state index >= 15 is 0 Å². The zero-order valence-corrected chi connectivity index (χ0v) is 25.8. The van der Waals surface area contributed by atoms with Gasteiger partial charge in [0.05, 0.1) is 13.2 Å². The van der Waals surface area contributed by atoms with Crippen LogP contribution in [0.25, 0.3) is 0 Å². The number of hydrogen-bond donors (Lipinski definition) is 3. The van der Waals surface area contributed by atoms with Crippen molar-refractivity contribution < 1.29 is 54.6 Å². The molecule has 0 bridgehead atoms. The van der Waals surface area contributed by atoms with E-state index in [0.29, 0.717) is 17.4 Å². The van der Waals surface area contributed by atoms with Gasteiger partial charge in [-0.3, -0.25) is 19.2 Å². The number of carbonyl (C=O) groups is 4. The van der Waals surface area contributed by atoms with Gasteiger partial charge in [-0.1, -0.05) is 56.3 Å². The maximum absolute atomic E-state index is 14.7. The van der Waals surface area contributed by atoms with Gasteiger partial charge >= 0.3 is 12.1 Å². The van der Waals surface area contributed by atoms with Crippen molar-refractivity contribution in [2.75, 3.05) is 13.7 Å². The summed E-state index contributed by atoms with van der Waals surface area (Å²) in [5.41, 5.74) is 0.684. The van der Waals surface area contributed by atoms with E-state index in [1.54, 1.807) is 30.3 Å². The number of halogens is 7. The highest BCUT2D eigenvalue weighted by Gasteiger charge is 2.52. The van der Waals surface area contributed by atoms with Crippen molar-refractivity contribution in [1.82, 2.24) is 16.0 Å². The van der Waals surface area contributed by atoms with E-state index in [0.717, 1.165) is 17.4 Å². The predicted molar refractivity (Wildman–Crippen MR) is 159 cm³/mol. The van der Waals surface area contributed by atoms with E-state index < -0.39 is 84.1 Å². The number of hydrogen-bond acceptors (Lipinski definition) is 5. The number of benzene rings is 3. The first-order valence-electron chi connectivity index (χ1n) is 14.4. The maximum atomic E-state index is 14.7. The first-order chi connectivity index (χ1) is 22.4. The topological polar surface area (TPSA) is 114 Å². The summed E-state index contributed by atoms with van der Waals surface area (Å²) in [6, 6.07) is 12.7. The molecule has 0 radical (unpaired) electrons. The Bertz CT molecular complexity index is 1580. The number of ketones is 1. The third-order valence-corrected chi connectivity index (χ3v) is 7.19. The van der Waals surface area contributed by atoms with Gasteiger partial charge in [0.25, 0.3) is 5.91 Å². The Morgan fingerprint density at radius 1 is 0.771 bits per heavy atom. The van der Waals surface area contributed by atoms with Gasteiger partial charge < -0.3 is 20.7 Å². The third kappa shape index (κ3) is 10.0. The second kappa shape index (κ2) is 15.8. The number of rotatable bonds is 14. The van der Waals surface area contributed by atoms with E-state index in [4.69, 9.17) is 4.74 Å². The van der Waals surface area contributed by atoms with Crippen molar-refractivity contribution in [1.29, 1.82) is 0 Å². The Morgan fingerprint density at radius 3 is 1.88 bits per heavy atom. The average Bonchev–Trinajstić information content (AvgIpc) is 3.02. The van der Waals surface area contributed by atoms with Gasteiger partial charge in [0, 0.05) is 18.4 Å². The van der Waals surface area contributed by atoms with Crippen molar-refractivity contribution in [3.8, 4) is 5.75 Å². The molecule has 0 aromatic heterocycles. The van der Waals surface area contributed by atoms with Gasteiger partial charge in [-0.05, 0) is 46.9 Å². The number of alkyl halides is 5. The van der Waals surface area contributed by atoms with Crippen LogP contribution in [0.1, 0.15) is 48.9 Å². The van der Waals surface area contributed by atoms with E-state index in [1.165, 1.54) is 45.2 Å². The minimum atomic E-state index is -5.03. The Kier molecular flexibility index (Phi) is 12.3. The quantitative estimate of drug-likeness (QED) is 0.156.